The van der Waals surface area contributed by atoms with Gasteiger partial charge in [-0.15, -0.1) is 0 Å². The Balaban J connectivity index is 1.78. The van der Waals surface area contributed by atoms with Crippen LogP contribution in [0.1, 0.15) is 22.3 Å². The van der Waals surface area contributed by atoms with E-state index < -0.39 is 0 Å². The van der Waals surface area contributed by atoms with Crippen molar-refractivity contribution in [3.05, 3.63) is 64.7 Å². The van der Waals surface area contributed by atoms with E-state index in [1.807, 2.05) is 48.5 Å². The first-order chi connectivity index (χ1) is 11.2. The molecule has 5 heteroatoms. The van der Waals surface area contributed by atoms with E-state index in [2.05, 4.69) is 9.89 Å². The molecule has 0 N–H and O–H groups in total. The zero-order valence-corrected chi connectivity index (χ0v) is 13.3. The summed E-state index contributed by atoms with van der Waals surface area (Å²) in [6.07, 6.45) is 0.909. The van der Waals surface area contributed by atoms with Crippen LogP contribution in [0.5, 0.6) is 0 Å². The number of halogens is 1. The van der Waals surface area contributed by atoms with Gasteiger partial charge < -0.3 is 4.90 Å². The molecule has 0 aliphatic carbocycles. The van der Waals surface area contributed by atoms with E-state index in [0.717, 1.165) is 47.3 Å². The normalized spacial score (nSPS) is 16.7. The van der Waals surface area contributed by atoms with Gasteiger partial charge in [0.15, 0.2) is 0 Å². The number of rotatable bonds is 2. The van der Waals surface area contributed by atoms with Crippen LogP contribution < -0.4 is 4.90 Å². The van der Waals surface area contributed by atoms with Crippen molar-refractivity contribution in [3.63, 3.8) is 0 Å². The van der Waals surface area contributed by atoms with Gasteiger partial charge in [-0.05, 0) is 36.2 Å². The van der Waals surface area contributed by atoms with Gasteiger partial charge in [-0.3, -0.25) is 14.7 Å². The Hall–Kier alpha value is -2.33. The molecule has 0 saturated heterocycles. The highest BCUT2D eigenvalue weighted by Crippen LogP contribution is 2.31. The van der Waals surface area contributed by atoms with E-state index in [9.17, 15) is 4.79 Å². The van der Waals surface area contributed by atoms with Crippen LogP contribution in [0.25, 0.3) is 0 Å². The Labute approximate surface area is 140 Å². The Bertz CT molecular complexity index is 785. The average molecular weight is 326 g/mol. The maximum absolute atomic E-state index is 12.7. The summed E-state index contributed by atoms with van der Waals surface area (Å²) in [5.41, 5.74) is 2.79. The molecule has 0 spiro atoms. The Morgan fingerprint density at radius 2 is 1.87 bits per heavy atom. The second kappa shape index (κ2) is 5.70. The fraction of sp³-hybridized carbons (Fsp3) is 0.222. The lowest BCUT2D eigenvalue weighted by Crippen LogP contribution is -2.53. The molecule has 2 aliphatic rings. The standard InChI is InChI=1S/C18H16ClN3O/c19-14-8-6-13(7-9-14)12-22-16-5-2-1-4-15(16)17(23)21-11-3-10-20-18(21)22/h1-2,4-9H,3,10-12H2. The number of hydrogen-bond donors (Lipinski definition) is 0. The molecular weight excluding hydrogens is 310 g/mol. The molecular formula is C18H16ClN3O. The molecule has 116 valence electrons. The van der Waals surface area contributed by atoms with E-state index in [0.29, 0.717) is 6.54 Å². The topological polar surface area (TPSA) is 35.9 Å². The van der Waals surface area contributed by atoms with E-state index in [1.165, 1.54) is 0 Å². The molecule has 2 aliphatic heterocycles. The van der Waals surface area contributed by atoms with Crippen molar-refractivity contribution in [2.45, 2.75) is 13.0 Å². The van der Waals surface area contributed by atoms with Gasteiger partial charge >= 0.3 is 0 Å². The molecule has 2 aromatic rings. The van der Waals surface area contributed by atoms with Crippen LogP contribution in [-0.4, -0.2) is 29.9 Å². The molecule has 4 nitrogen and oxygen atoms in total. The number of para-hydroxylation sites is 1. The largest absolute Gasteiger partial charge is 0.307 e. The van der Waals surface area contributed by atoms with Crippen molar-refractivity contribution >= 4 is 29.2 Å². The number of carbonyl (C=O) groups is 1. The maximum Gasteiger partial charge on any atom is 0.262 e. The highest BCUT2D eigenvalue weighted by Gasteiger charge is 2.35. The highest BCUT2D eigenvalue weighted by molar-refractivity contribution is 6.30. The molecule has 4 rings (SSSR count). The second-order valence-electron chi connectivity index (χ2n) is 5.72. The predicted molar refractivity (Wildman–Crippen MR) is 92.0 cm³/mol. The van der Waals surface area contributed by atoms with Crippen LogP contribution in [-0.2, 0) is 6.54 Å². The third-order valence-corrected chi connectivity index (χ3v) is 4.45. The van der Waals surface area contributed by atoms with Crippen LogP contribution in [0.2, 0.25) is 5.02 Å². The molecule has 23 heavy (non-hydrogen) atoms. The molecule has 0 unspecified atom stereocenters. The van der Waals surface area contributed by atoms with Gasteiger partial charge in [0, 0.05) is 18.1 Å². The molecule has 0 fully saturated rings. The summed E-state index contributed by atoms with van der Waals surface area (Å²) in [5, 5.41) is 0.722. The van der Waals surface area contributed by atoms with Crippen LogP contribution in [0.3, 0.4) is 0 Å². The molecule has 2 heterocycles. The zero-order valence-electron chi connectivity index (χ0n) is 12.6. The summed E-state index contributed by atoms with van der Waals surface area (Å²) in [7, 11) is 0. The monoisotopic (exact) mass is 325 g/mol. The smallest absolute Gasteiger partial charge is 0.262 e. The second-order valence-corrected chi connectivity index (χ2v) is 6.16. The van der Waals surface area contributed by atoms with Gasteiger partial charge in [0.05, 0.1) is 17.8 Å². The summed E-state index contributed by atoms with van der Waals surface area (Å²) in [6.45, 7) is 2.15. The summed E-state index contributed by atoms with van der Waals surface area (Å²) in [5.74, 6) is 0.807. The molecule has 0 radical (unpaired) electrons. The number of nitrogens with zero attached hydrogens (tertiary/aromatic N) is 3. The third-order valence-electron chi connectivity index (χ3n) is 4.20. The van der Waals surface area contributed by atoms with Crippen molar-refractivity contribution in [3.8, 4) is 0 Å². The number of amides is 1. The average Bonchev–Trinajstić information content (AvgIpc) is 2.60. The van der Waals surface area contributed by atoms with Crippen LogP contribution in [0, 0.1) is 0 Å². The number of benzene rings is 2. The SMILES string of the molecule is O=C1c2ccccc2N(Cc2ccc(Cl)cc2)C2=NCCCN12. The summed E-state index contributed by atoms with van der Waals surface area (Å²) < 4.78 is 0. The molecule has 1 amide bonds. The quantitative estimate of drug-likeness (QED) is 0.846. The Kier molecular flexibility index (Phi) is 3.54. The van der Waals surface area contributed by atoms with Crippen LogP contribution in [0.4, 0.5) is 5.69 Å². The van der Waals surface area contributed by atoms with Crippen molar-refractivity contribution in [2.75, 3.05) is 18.0 Å². The number of carbonyl (C=O) groups excluding carboxylic acids is 1. The first-order valence-corrected chi connectivity index (χ1v) is 8.09. The van der Waals surface area contributed by atoms with Crippen molar-refractivity contribution in [2.24, 2.45) is 4.99 Å². The molecule has 0 atom stereocenters. The van der Waals surface area contributed by atoms with Gasteiger partial charge in [0.2, 0.25) is 5.96 Å². The molecule has 0 saturated carbocycles. The van der Waals surface area contributed by atoms with Crippen molar-refractivity contribution in [1.82, 2.24) is 4.90 Å². The lowest BCUT2D eigenvalue weighted by atomic mass is 10.1. The number of aliphatic imine (C=N–C) groups is 1. The summed E-state index contributed by atoms with van der Waals surface area (Å²) in [4.78, 5) is 21.2. The molecule has 2 aromatic carbocycles. The van der Waals surface area contributed by atoms with Crippen molar-refractivity contribution < 1.29 is 4.79 Å². The predicted octanol–water partition coefficient (Wildman–Crippen LogP) is 3.56. The minimum absolute atomic E-state index is 0.0476. The molecule has 0 bridgehead atoms. The van der Waals surface area contributed by atoms with Crippen molar-refractivity contribution in [1.29, 1.82) is 0 Å². The fourth-order valence-electron chi connectivity index (χ4n) is 3.09. The summed E-state index contributed by atoms with van der Waals surface area (Å²) in [6, 6.07) is 15.5. The van der Waals surface area contributed by atoms with E-state index in [-0.39, 0.29) is 5.91 Å². The first kappa shape index (κ1) is 14.3. The number of fused-ring (bicyclic) bond motifs is 2. The van der Waals surface area contributed by atoms with Gasteiger partial charge in [-0.2, -0.15) is 0 Å². The number of guanidine groups is 1. The van der Waals surface area contributed by atoms with E-state index in [4.69, 9.17) is 11.6 Å². The van der Waals surface area contributed by atoms with Gasteiger partial charge in [-0.1, -0.05) is 35.9 Å². The zero-order chi connectivity index (χ0) is 15.8. The van der Waals surface area contributed by atoms with Gasteiger partial charge in [-0.25, -0.2) is 0 Å². The number of anilines is 1. The van der Waals surface area contributed by atoms with Crippen LogP contribution >= 0.6 is 11.6 Å². The minimum atomic E-state index is 0.0476. The highest BCUT2D eigenvalue weighted by atomic mass is 35.5. The Morgan fingerprint density at radius 3 is 2.70 bits per heavy atom. The third kappa shape index (κ3) is 2.49. The van der Waals surface area contributed by atoms with E-state index >= 15 is 0 Å². The van der Waals surface area contributed by atoms with E-state index in [1.54, 1.807) is 4.90 Å². The van der Waals surface area contributed by atoms with Gasteiger partial charge in [0.25, 0.3) is 5.91 Å². The number of hydrogen-bond acceptors (Lipinski definition) is 3. The van der Waals surface area contributed by atoms with Crippen LogP contribution in [0.15, 0.2) is 53.5 Å². The lowest BCUT2D eigenvalue weighted by Gasteiger charge is -2.40. The van der Waals surface area contributed by atoms with Gasteiger partial charge in [0.1, 0.15) is 0 Å². The lowest BCUT2D eigenvalue weighted by molar-refractivity contribution is 0.0833. The molecule has 0 aromatic heterocycles. The Morgan fingerprint density at radius 1 is 1.09 bits per heavy atom. The summed E-state index contributed by atoms with van der Waals surface area (Å²) >= 11 is 5.98. The maximum atomic E-state index is 12.7. The fourth-order valence-corrected chi connectivity index (χ4v) is 3.21. The first-order valence-electron chi connectivity index (χ1n) is 7.71. The minimum Gasteiger partial charge on any atom is -0.307 e.